The highest BCUT2D eigenvalue weighted by molar-refractivity contribution is 6.05. The van der Waals surface area contributed by atoms with E-state index in [2.05, 4.69) is 21.7 Å². The summed E-state index contributed by atoms with van der Waals surface area (Å²) in [7, 11) is 1.44. The molecule has 0 aliphatic heterocycles. The molecule has 9 nitrogen and oxygen atoms in total. The van der Waals surface area contributed by atoms with Crippen LogP contribution in [0.25, 0.3) is 5.69 Å². The van der Waals surface area contributed by atoms with Gasteiger partial charge >= 0.3 is 5.97 Å². The van der Waals surface area contributed by atoms with Crippen LogP contribution in [0.2, 0.25) is 0 Å². The second-order valence-corrected chi connectivity index (χ2v) is 8.28. The molecule has 1 heterocycles. The second-order valence-electron chi connectivity index (χ2n) is 8.28. The van der Waals surface area contributed by atoms with Crippen LogP contribution in [0, 0.1) is 18.3 Å². The molecule has 2 N–H and O–H groups in total. The molecule has 0 saturated heterocycles. The standard InChI is InChI=1S/C23H23N5O4/c1-13-6-7-14(9-19(13)28-12-18(22(30)31)26-27-28)21(29)25-17-10-16(23(2,3)4)8-15(11-24)20(17)32-5/h6-10,12H,1-5H3,(H,25,29)(H,30,31). The Hall–Kier alpha value is -4.19. The molecular weight excluding hydrogens is 410 g/mol. The zero-order valence-electron chi connectivity index (χ0n) is 18.4. The maximum atomic E-state index is 13.1. The molecule has 0 spiro atoms. The first-order valence-corrected chi connectivity index (χ1v) is 9.75. The first-order valence-electron chi connectivity index (χ1n) is 9.75. The van der Waals surface area contributed by atoms with Crippen molar-refractivity contribution in [1.29, 1.82) is 5.26 Å². The van der Waals surface area contributed by atoms with E-state index in [1.165, 1.54) is 18.0 Å². The Balaban J connectivity index is 2.00. The quantitative estimate of drug-likeness (QED) is 0.627. The molecule has 0 aliphatic rings. The van der Waals surface area contributed by atoms with Gasteiger partial charge in [-0.25, -0.2) is 9.48 Å². The number of hydrogen-bond donors (Lipinski definition) is 2. The summed E-state index contributed by atoms with van der Waals surface area (Å²) in [5, 5.41) is 28.9. The van der Waals surface area contributed by atoms with Gasteiger partial charge < -0.3 is 15.2 Å². The van der Waals surface area contributed by atoms with Crippen molar-refractivity contribution in [1.82, 2.24) is 15.0 Å². The van der Waals surface area contributed by atoms with Gasteiger partial charge in [-0.1, -0.05) is 32.1 Å². The van der Waals surface area contributed by atoms with Gasteiger partial charge in [0.1, 0.15) is 6.07 Å². The molecule has 1 aromatic heterocycles. The number of nitrogens with zero attached hydrogens (tertiary/aromatic N) is 4. The summed E-state index contributed by atoms with van der Waals surface area (Å²) >= 11 is 0. The maximum absolute atomic E-state index is 13.1. The fraction of sp³-hybridized carbons (Fsp3) is 0.261. The largest absolute Gasteiger partial charge is 0.493 e. The lowest BCUT2D eigenvalue weighted by atomic mass is 9.85. The van der Waals surface area contributed by atoms with E-state index in [1.807, 2.05) is 27.7 Å². The van der Waals surface area contributed by atoms with Crippen LogP contribution in [0.3, 0.4) is 0 Å². The minimum absolute atomic E-state index is 0.202. The van der Waals surface area contributed by atoms with Gasteiger partial charge in [0, 0.05) is 5.56 Å². The van der Waals surface area contributed by atoms with E-state index < -0.39 is 11.9 Å². The van der Waals surface area contributed by atoms with Crippen molar-refractivity contribution < 1.29 is 19.4 Å². The molecule has 9 heteroatoms. The van der Waals surface area contributed by atoms with E-state index in [1.54, 1.807) is 30.3 Å². The average Bonchev–Trinajstić information content (AvgIpc) is 3.23. The summed E-state index contributed by atoms with van der Waals surface area (Å²) in [5.74, 6) is -1.33. The Morgan fingerprint density at radius 1 is 1.22 bits per heavy atom. The Kier molecular flexibility index (Phi) is 5.98. The average molecular weight is 433 g/mol. The highest BCUT2D eigenvalue weighted by atomic mass is 16.5. The van der Waals surface area contributed by atoms with E-state index in [4.69, 9.17) is 9.84 Å². The van der Waals surface area contributed by atoms with E-state index in [-0.39, 0.29) is 16.9 Å². The van der Waals surface area contributed by atoms with E-state index >= 15 is 0 Å². The highest BCUT2D eigenvalue weighted by Gasteiger charge is 2.21. The molecule has 0 saturated carbocycles. The molecule has 0 unspecified atom stereocenters. The number of carboxylic acids is 1. The number of rotatable bonds is 5. The fourth-order valence-corrected chi connectivity index (χ4v) is 3.13. The number of ether oxygens (including phenoxy) is 1. The number of carbonyl (C=O) groups is 2. The normalized spacial score (nSPS) is 11.0. The Labute approximate surface area is 185 Å². The predicted molar refractivity (Wildman–Crippen MR) is 117 cm³/mol. The lowest BCUT2D eigenvalue weighted by Gasteiger charge is -2.22. The van der Waals surface area contributed by atoms with Crippen molar-refractivity contribution in [2.45, 2.75) is 33.1 Å². The smallest absolute Gasteiger partial charge is 0.358 e. The number of carbonyl (C=O) groups excluding carboxylic acids is 1. The first-order chi connectivity index (χ1) is 15.0. The molecule has 0 radical (unpaired) electrons. The predicted octanol–water partition coefficient (Wildman–Crippen LogP) is 3.70. The number of aromatic carboxylic acids is 1. The first kappa shape index (κ1) is 22.5. The summed E-state index contributed by atoms with van der Waals surface area (Å²) < 4.78 is 6.70. The summed E-state index contributed by atoms with van der Waals surface area (Å²) in [6.07, 6.45) is 1.28. The second kappa shape index (κ2) is 8.51. The topological polar surface area (TPSA) is 130 Å². The van der Waals surface area contributed by atoms with Crippen LogP contribution >= 0.6 is 0 Å². The number of hydrogen-bond acceptors (Lipinski definition) is 6. The minimum Gasteiger partial charge on any atom is -0.493 e. The van der Waals surface area contributed by atoms with Gasteiger partial charge in [0.15, 0.2) is 11.4 Å². The molecular formula is C23H23N5O4. The maximum Gasteiger partial charge on any atom is 0.358 e. The molecule has 0 fully saturated rings. The molecule has 164 valence electrons. The third-order valence-corrected chi connectivity index (χ3v) is 4.96. The number of methoxy groups -OCH3 is 1. The third kappa shape index (κ3) is 4.44. The Morgan fingerprint density at radius 2 is 1.94 bits per heavy atom. The summed E-state index contributed by atoms with van der Waals surface area (Å²) in [4.78, 5) is 24.2. The monoisotopic (exact) mass is 433 g/mol. The Morgan fingerprint density at radius 3 is 2.50 bits per heavy atom. The zero-order valence-corrected chi connectivity index (χ0v) is 18.4. The molecule has 2 aromatic carbocycles. The lowest BCUT2D eigenvalue weighted by Crippen LogP contribution is -2.17. The van der Waals surface area contributed by atoms with Gasteiger partial charge in [0.05, 0.1) is 30.2 Å². The summed E-state index contributed by atoms with van der Waals surface area (Å²) in [5.41, 5.74) is 2.75. The van der Waals surface area contributed by atoms with Crippen LogP contribution < -0.4 is 10.1 Å². The van der Waals surface area contributed by atoms with Gasteiger partial charge in [-0.15, -0.1) is 5.10 Å². The Bertz CT molecular complexity index is 1250. The molecule has 1 amide bonds. The van der Waals surface area contributed by atoms with E-state index in [9.17, 15) is 14.9 Å². The molecule has 0 atom stereocenters. The van der Waals surface area contributed by atoms with E-state index in [0.717, 1.165) is 11.1 Å². The summed E-state index contributed by atoms with van der Waals surface area (Å²) in [6, 6.07) is 10.6. The molecule has 0 bridgehead atoms. The number of carboxylic acid groups (broad SMARTS) is 1. The van der Waals surface area contributed by atoms with Crippen LogP contribution in [-0.4, -0.2) is 39.1 Å². The fourth-order valence-electron chi connectivity index (χ4n) is 3.13. The van der Waals surface area contributed by atoms with Crippen molar-refractivity contribution in [3.63, 3.8) is 0 Å². The zero-order chi connectivity index (χ0) is 23.6. The SMILES string of the molecule is COc1c(C#N)cc(C(C)(C)C)cc1NC(=O)c1ccc(C)c(-n2cc(C(=O)O)nn2)c1. The van der Waals surface area contributed by atoms with Gasteiger partial charge in [-0.05, 0) is 47.7 Å². The van der Waals surface area contributed by atoms with Crippen molar-refractivity contribution >= 4 is 17.6 Å². The van der Waals surface area contributed by atoms with Crippen molar-refractivity contribution in [2.75, 3.05) is 12.4 Å². The number of amides is 1. The third-order valence-electron chi connectivity index (χ3n) is 4.96. The number of aromatic nitrogens is 3. The molecule has 3 aromatic rings. The number of aryl methyl sites for hydroxylation is 1. The number of benzene rings is 2. The van der Waals surface area contributed by atoms with Crippen molar-refractivity contribution in [2.24, 2.45) is 0 Å². The highest BCUT2D eigenvalue weighted by Crippen LogP contribution is 2.35. The van der Waals surface area contributed by atoms with Crippen LogP contribution in [-0.2, 0) is 5.41 Å². The molecule has 32 heavy (non-hydrogen) atoms. The van der Waals surface area contributed by atoms with Crippen molar-refractivity contribution in [3.8, 4) is 17.5 Å². The molecule has 3 rings (SSSR count). The van der Waals surface area contributed by atoms with Crippen molar-refractivity contribution in [3.05, 3.63) is 64.5 Å². The summed E-state index contributed by atoms with van der Waals surface area (Å²) in [6.45, 7) is 7.85. The van der Waals surface area contributed by atoms with Gasteiger partial charge in [-0.3, -0.25) is 4.79 Å². The van der Waals surface area contributed by atoms with Crippen LogP contribution in [0.5, 0.6) is 5.75 Å². The lowest BCUT2D eigenvalue weighted by molar-refractivity contribution is 0.0690. The number of anilines is 1. The number of nitriles is 1. The minimum atomic E-state index is -1.19. The number of nitrogens with one attached hydrogen (secondary N) is 1. The van der Waals surface area contributed by atoms with Gasteiger partial charge in [-0.2, -0.15) is 5.26 Å². The van der Waals surface area contributed by atoms with E-state index in [0.29, 0.717) is 22.5 Å². The van der Waals surface area contributed by atoms with Crippen LogP contribution in [0.1, 0.15) is 58.3 Å². The van der Waals surface area contributed by atoms with Crippen LogP contribution in [0.4, 0.5) is 5.69 Å². The van der Waals surface area contributed by atoms with Gasteiger partial charge in [0.25, 0.3) is 5.91 Å². The van der Waals surface area contributed by atoms with Crippen LogP contribution in [0.15, 0.2) is 36.5 Å². The van der Waals surface area contributed by atoms with Gasteiger partial charge in [0.2, 0.25) is 0 Å². The molecule has 0 aliphatic carbocycles.